The van der Waals surface area contributed by atoms with Gasteiger partial charge in [-0.3, -0.25) is 9.89 Å². The van der Waals surface area contributed by atoms with Gasteiger partial charge in [0.2, 0.25) is 0 Å². The molecule has 2 N–H and O–H groups in total. The number of aryl methyl sites for hydroxylation is 1. The first-order valence-corrected chi connectivity index (χ1v) is 7.42. The van der Waals surface area contributed by atoms with E-state index < -0.39 is 0 Å². The second-order valence-corrected chi connectivity index (χ2v) is 5.66. The zero-order chi connectivity index (χ0) is 15.8. The Morgan fingerprint density at radius 1 is 1.35 bits per heavy atom. The number of anilines is 1. The van der Waals surface area contributed by atoms with Crippen molar-refractivity contribution in [1.29, 1.82) is 0 Å². The molecule has 1 aliphatic heterocycles. The summed E-state index contributed by atoms with van der Waals surface area (Å²) in [7, 11) is 0. The lowest BCUT2D eigenvalue weighted by molar-refractivity contribution is 0.0939. The predicted molar refractivity (Wildman–Crippen MR) is 82.1 cm³/mol. The lowest BCUT2D eigenvalue weighted by atomic mass is 10.0. The molecule has 0 bridgehead atoms. The van der Waals surface area contributed by atoms with Crippen molar-refractivity contribution in [3.05, 3.63) is 35.9 Å². The third-order valence-electron chi connectivity index (χ3n) is 3.98. The summed E-state index contributed by atoms with van der Waals surface area (Å²) < 4.78 is 1.74. The third kappa shape index (κ3) is 2.50. The summed E-state index contributed by atoms with van der Waals surface area (Å²) in [5.74, 6) is 1.96. The van der Waals surface area contributed by atoms with E-state index in [4.69, 9.17) is 0 Å². The number of carbonyl (C=O) groups is 1. The van der Waals surface area contributed by atoms with Crippen molar-refractivity contribution in [3.63, 3.8) is 0 Å². The molecular formula is C14H16N8O. The topological polar surface area (TPSA) is 104 Å². The molecule has 0 aromatic carbocycles. The van der Waals surface area contributed by atoms with Crippen molar-refractivity contribution in [1.82, 2.24) is 35.3 Å². The number of H-pyrrole nitrogens is 1. The van der Waals surface area contributed by atoms with Crippen LogP contribution in [0.25, 0.3) is 5.65 Å². The maximum absolute atomic E-state index is 11.8. The minimum absolute atomic E-state index is 0.124. The van der Waals surface area contributed by atoms with Crippen LogP contribution in [0.15, 0.2) is 24.4 Å². The molecule has 4 rings (SSSR count). The first-order chi connectivity index (χ1) is 11.2. The summed E-state index contributed by atoms with van der Waals surface area (Å²) in [4.78, 5) is 14.0. The molecule has 0 saturated carbocycles. The Morgan fingerprint density at radius 3 is 3.00 bits per heavy atom. The number of rotatable bonds is 4. The van der Waals surface area contributed by atoms with Crippen LogP contribution in [0.2, 0.25) is 0 Å². The number of carbonyl (C=O) groups excluding carboxylic acids is 1. The van der Waals surface area contributed by atoms with Crippen LogP contribution in [0.3, 0.4) is 0 Å². The van der Waals surface area contributed by atoms with E-state index in [1.807, 2.05) is 19.1 Å². The van der Waals surface area contributed by atoms with Crippen molar-refractivity contribution in [2.75, 3.05) is 24.5 Å². The van der Waals surface area contributed by atoms with Gasteiger partial charge in [-0.2, -0.15) is 9.61 Å². The summed E-state index contributed by atoms with van der Waals surface area (Å²) in [6.45, 7) is 4.24. The van der Waals surface area contributed by atoms with Crippen LogP contribution in [0, 0.1) is 12.8 Å². The highest BCUT2D eigenvalue weighted by Gasteiger charge is 2.28. The average molecular weight is 312 g/mol. The van der Waals surface area contributed by atoms with Gasteiger partial charge in [0.25, 0.3) is 5.91 Å². The van der Waals surface area contributed by atoms with Crippen LogP contribution in [-0.2, 0) is 0 Å². The molecule has 0 aliphatic carbocycles. The Kier molecular flexibility index (Phi) is 3.18. The van der Waals surface area contributed by atoms with Gasteiger partial charge in [0.1, 0.15) is 11.5 Å². The molecule has 0 radical (unpaired) electrons. The summed E-state index contributed by atoms with van der Waals surface area (Å²) in [5, 5.41) is 21.9. The molecule has 1 saturated heterocycles. The number of hydrogen-bond donors (Lipinski definition) is 2. The standard InChI is InChI=1S/C14H16N8O/c1-9-17-19-12-2-3-13(20-22(9)12)21-7-10(8-21)6-15-14(23)11-4-5-16-18-11/h2-5,10H,6-8H2,1H3,(H,15,23)(H,16,18). The number of aromatic amines is 1. The van der Waals surface area contributed by atoms with Gasteiger partial charge in [0.05, 0.1) is 0 Å². The number of nitrogens with zero attached hydrogens (tertiary/aromatic N) is 6. The molecule has 9 heteroatoms. The minimum atomic E-state index is -0.124. The number of fused-ring (bicyclic) bond motifs is 1. The van der Waals surface area contributed by atoms with E-state index in [0.29, 0.717) is 18.2 Å². The molecular weight excluding hydrogens is 296 g/mol. The monoisotopic (exact) mass is 312 g/mol. The highest BCUT2D eigenvalue weighted by atomic mass is 16.1. The lowest BCUT2D eigenvalue weighted by Gasteiger charge is -2.40. The van der Waals surface area contributed by atoms with Crippen molar-refractivity contribution in [3.8, 4) is 0 Å². The van der Waals surface area contributed by atoms with E-state index in [9.17, 15) is 4.79 Å². The summed E-state index contributed by atoms with van der Waals surface area (Å²) in [6, 6.07) is 5.52. The normalized spacial score (nSPS) is 14.9. The van der Waals surface area contributed by atoms with Gasteiger partial charge in [-0.05, 0) is 25.1 Å². The first kappa shape index (κ1) is 13.7. The quantitative estimate of drug-likeness (QED) is 0.704. The van der Waals surface area contributed by atoms with Gasteiger partial charge >= 0.3 is 0 Å². The van der Waals surface area contributed by atoms with Crippen LogP contribution in [-0.4, -0.2) is 55.6 Å². The second-order valence-electron chi connectivity index (χ2n) is 5.66. The maximum Gasteiger partial charge on any atom is 0.269 e. The zero-order valence-electron chi connectivity index (χ0n) is 12.6. The van der Waals surface area contributed by atoms with Crippen LogP contribution in [0.1, 0.15) is 16.3 Å². The number of amides is 1. The smallest absolute Gasteiger partial charge is 0.269 e. The van der Waals surface area contributed by atoms with Gasteiger partial charge in [0.15, 0.2) is 11.5 Å². The van der Waals surface area contributed by atoms with Gasteiger partial charge in [-0.1, -0.05) is 0 Å². The Bertz CT molecular complexity index is 834. The molecule has 0 atom stereocenters. The van der Waals surface area contributed by atoms with Crippen LogP contribution in [0.4, 0.5) is 5.82 Å². The minimum Gasteiger partial charge on any atom is -0.354 e. The molecule has 0 spiro atoms. The number of nitrogens with one attached hydrogen (secondary N) is 2. The summed E-state index contributed by atoms with van der Waals surface area (Å²) in [5.41, 5.74) is 1.23. The largest absolute Gasteiger partial charge is 0.354 e. The van der Waals surface area contributed by atoms with Crippen molar-refractivity contribution in [2.45, 2.75) is 6.92 Å². The van der Waals surface area contributed by atoms with E-state index in [-0.39, 0.29) is 5.91 Å². The molecule has 23 heavy (non-hydrogen) atoms. The van der Waals surface area contributed by atoms with Crippen molar-refractivity contribution < 1.29 is 4.79 Å². The fourth-order valence-corrected chi connectivity index (χ4v) is 2.66. The third-order valence-corrected chi connectivity index (χ3v) is 3.98. The van der Waals surface area contributed by atoms with Crippen LogP contribution < -0.4 is 10.2 Å². The van der Waals surface area contributed by atoms with Gasteiger partial charge in [-0.25, -0.2) is 0 Å². The summed E-state index contributed by atoms with van der Waals surface area (Å²) in [6.07, 6.45) is 1.56. The number of hydrogen-bond acceptors (Lipinski definition) is 6. The van der Waals surface area contributed by atoms with Crippen LogP contribution in [0.5, 0.6) is 0 Å². The summed E-state index contributed by atoms with van der Waals surface area (Å²) >= 11 is 0. The molecule has 0 unspecified atom stereocenters. The highest BCUT2D eigenvalue weighted by molar-refractivity contribution is 5.92. The van der Waals surface area contributed by atoms with Gasteiger partial charge < -0.3 is 10.2 Å². The second kappa shape index (κ2) is 5.34. The van der Waals surface area contributed by atoms with E-state index in [2.05, 4.69) is 35.7 Å². The number of aromatic nitrogens is 6. The average Bonchev–Trinajstić information content (AvgIpc) is 3.16. The predicted octanol–water partition coefficient (Wildman–Crippen LogP) is 0.0220. The Balaban J connectivity index is 1.33. The van der Waals surface area contributed by atoms with Crippen molar-refractivity contribution in [2.24, 2.45) is 5.92 Å². The molecule has 4 heterocycles. The van der Waals surface area contributed by atoms with Crippen LogP contribution >= 0.6 is 0 Å². The van der Waals surface area contributed by atoms with E-state index in [1.165, 1.54) is 0 Å². The molecule has 1 amide bonds. The molecule has 3 aromatic rings. The first-order valence-electron chi connectivity index (χ1n) is 7.42. The van der Waals surface area contributed by atoms with E-state index in [1.54, 1.807) is 16.8 Å². The van der Waals surface area contributed by atoms with Gasteiger partial charge in [0, 0.05) is 31.7 Å². The zero-order valence-corrected chi connectivity index (χ0v) is 12.6. The Morgan fingerprint density at radius 2 is 2.22 bits per heavy atom. The fourth-order valence-electron chi connectivity index (χ4n) is 2.66. The van der Waals surface area contributed by atoms with E-state index in [0.717, 1.165) is 30.4 Å². The fraction of sp³-hybridized carbons (Fsp3) is 0.357. The SMILES string of the molecule is Cc1nnc2ccc(N3CC(CNC(=O)c4ccn[nH]4)C3)nn12. The molecule has 118 valence electrons. The molecule has 3 aromatic heterocycles. The Labute approximate surface area is 131 Å². The molecule has 1 aliphatic rings. The molecule has 1 fully saturated rings. The Hall–Kier alpha value is -2.97. The van der Waals surface area contributed by atoms with Gasteiger partial charge in [-0.15, -0.1) is 15.3 Å². The highest BCUT2D eigenvalue weighted by Crippen LogP contribution is 2.22. The van der Waals surface area contributed by atoms with Crippen molar-refractivity contribution >= 4 is 17.4 Å². The molecule has 9 nitrogen and oxygen atoms in total. The lowest BCUT2D eigenvalue weighted by Crippen LogP contribution is -2.52. The maximum atomic E-state index is 11.8. The van der Waals surface area contributed by atoms with E-state index >= 15 is 0 Å².